The SMILES string of the molecule is C[N+]1(N)CCN(c2ccc3oc4ccccc4c3c2)C1c1cc(C(F)(F)F)cc(C(F)(F)F)c1N. The van der Waals surface area contributed by atoms with Crippen molar-refractivity contribution in [1.29, 1.82) is 0 Å². The lowest BCUT2D eigenvalue weighted by Crippen LogP contribution is -2.52. The molecule has 0 saturated carbocycles. The van der Waals surface area contributed by atoms with E-state index < -0.39 is 35.3 Å². The second-order valence-electron chi connectivity index (χ2n) is 8.94. The van der Waals surface area contributed by atoms with E-state index in [1.807, 2.05) is 24.3 Å². The highest BCUT2D eigenvalue weighted by molar-refractivity contribution is 6.06. The minimum absolute atomic E-state index is 0.0443. The maximum absolute atomic E-state index is 13.7. The van der Waals surface area contributed by atoms with Gasteiger partial charge in [0.1, 0.15) is 17.7 Å². The first-order chi connectivity index (χ1) is 16.3. The zero-order valence-electron chi connectivity index (χ0n) is 18.4. The molecule has 1 aliphatic rings. The fourth-order valence-electron chi connectivity index (χ4n) is 4.82. The van der Waals surface area contributed by atoms with E-state index in [1.165, 1.54) is 0 Å². The average molecular weight is 495 g/mol. The van der Waals surface area contributed by atoms with Crippen molar-refractivity contribution in [2.45, 2.75) is 18.5 Å². The number of furan rings is 1. The number of benzene rings is 3. The summed E-state index contributed by atoms with van der Waals surface area (Å²) in [5.41, 5.74) is 3.65. The second kappa shape index (κ2) is 7.53. The summed E-state index contributed by atoms with van der Waals surface area (Å²) < 4.78 is 87.2. The van der Waals surface area contributed by atoms with Crippen molar-refractivity contribution in [3.63, 3.8) is 0 Å². The van der Waals surface area contributed by atoms with E-state index in [1.54, 1.807) is 30.1 Å². The van der Waals surface area contributed by atoms with Crippen molar-refractivity contribution in [2.24, 2.45) is 5.84 Å². The molecule has 0 aliphatic carbocycles. The molecule has 1 fully saturated rings. The number of rotatable bonds is 2. The summed E-state index contributed by atoms with van der Waals surface area (Å²) in [6.45, 7) is 0.557. The molecule has 1 saturated heterocycles. The Morgan fingerprint density at radius 2 is 1.60 bits per heavy atom. The van der Waals surface area contributed by atoms with Crippen LogP contribution >= 0.6 is 0 Å². The normalized spacial score (nSPS) is 21.4. The van der Waals surface area contributed by atoms with Crippen LogP contribution in [-0.2, 0) is 12.4 Å². The van der Waals surface area contributed by atoms with Crippen LogP contribution in [0.1, 0.15) is 22.9 Å². The number of quaternary nitrogens is 1. The molecular weight excluding hydrogens is 474 g/mol. The Kier molecular flexibility index (Phi) is 5.01. The highest BCUT2D eigenvalue weighted by Gasteiger charge is 2.48. The lowest BCUT2D eigenvalue weighted by molar-refractivity contribution is -0.937. The van der Waals surface area contributed by atoms with Crippen molar-refractivity contribution in [3.05, 3.63) is 71.3 Å². The number of alkyl halides is 6. The third-order valence-electron chi connectivity index (χ3n) is 6.49. The molecule has 0 spiro atoms. The van der Waals surface area contributed by atoms with E-state index in [2.05, 4.69) is 0 Å². The maximum Gasteiger partial charge on any atom is 0.418 e. The summed E-state index contributed by atoms with van der Waals surface area (Å²) in [5, 5.41) is 1.60. The van der Waals surface area contributed by atoms with Crippen molar-refractivity contribution < 1.29 is 35.4 Å². The van der Waals surface area contributed by atoms with E-state index in [0.29, 0.717) is 22.9 Å². The van der Waals surface area contributed by atoms with Gasteiger partial charge in [0.05, 0.1) is 36.0 Å². The number of halogens is 6. The molecular formula is C24H21F6N4O+. The molecule has 1 aromatic heterocycles. The molecule has 11 heteroatoms. The predicted molar refractivity (Wildman–Crippen MR) is 120 cm³/mol. The molecule has 3 aromatic carbocycles. The van der Waals surface area contributed by atoms with Gasteiger partial charge in [0.15, 0.2) is 0 Å². The third kappa shape index (κ3) is 3.84. The minimum Gasteiger partial charge on any atom is -0.456 e. The average Bonchev–Trinajstić information content (AvgIpc) is 3.28. The maximum atomic E-state index is 13.7. The number of fused-ring (bicyclic) bond motifs is 3. The van der Waals surface area contributed by atoms with Gasteiger partial charge in [-0.2, -0.15) is 32.2 Å². The van der Waals surface area contributed by atoms with Crippen molar-refractivity contribution in [1.82, 2.24) is 0 Å². The Hall–Kier alpha value is -3.44. The highest BCUT2D eigenvalue weighted by atomic mass is 19.4. The van der Waals surface area contributed by atoms with Crippen LogP contribution in [0, 0.1) is 0 Å². The summed E-state index contributed by atoms with van der Waals surface area (Å²) in [6.07, 6.45) is -11.2. The summed E-state index contributed by atoms with van der Waals surface area (Å²) in [7, 11) is 1.55. The van der Waals surface area contributed by atoms with Gasteiger partial charge in [-0.1, -0.05) is 18.2 Å². The first kappa shape index (κ1) is 23.3. The zero-order chi connectivity index (χ0) is 25.3. The van der Waals surface area contributed by atoms with Crippen LogP contribution in [0.2, 0.25) is 0 Å². The number of likely N-dealkylation sites (N-methyl/N-ethyl adjacent to an activating group) is 1. The van der Waals surface area contributed by atoms with Crippen molar-refractivity contribution in [2.75, 3.05) is 30.8 Å². The van der Waals surface area contributed by atoms with Crippen LogP contribution in [-0.4, -0.2) is 24.7 Å². The van der Waals surface area contributed by atoms with Crippen LogP contribution in [0.15, 0.2) is 59.0 Å². The topological polar surface area (TPSA) is 68.4 Å². The van der Waals surface area contributed by atoms with Gasteiger partial charge in [0.2, 0.25) is 6.17 Å². The molecule has 2 unspecified atom stereocenters. The van der Waals surface area contributed by atoms with Gasteiger partial charge in [0, 0.05) is 16.5 Å². The van der Waals surface area contributed by atoms with Crippen molar-refractivity contribution >= 4 is 33.3 Å². The minimum atomic E-state index is -5.07. The Bertz CT molecular complexity index is 1440. The van der Waals surface area contributed by atoms with Gasteiger partial charge in [-0.05, 0) is 36.4 Å². The Morgan fingerprint density at radius 1 is 0.914 bits per heavy atom. The summed E-state index contributed by atoms with van der Waals surface area (Å²) in [4.78, 5) is 1.69. The number of hydrogen-bond donors (Lipinski definition) is 2. The molecule has 2 atom stereocenters. The number of para-hydroxylation sites is 1. The molecule has 0 amide bonds. The van der Waals surface area contributed by atoms with Crippen molar-refractivity contribution in [3.8, 4) is 0 Å². The zero-order valence-corrected chi connectivity index (χ0v) is 18.4. The predicted octanol–water partition coefficient (Wildman–Crippen LogP) is 6.04. The fourth-order valence-corrected chi connectivity index (χ4v) is 4.82. The molecule has 4 N–H and O–H groups in total. The van der Waals surface area contributed by atoms with Gasteiger partial charge in [-0.25, -0.2) is 4.59 Å². The highest BCUT2D eigenvalue weighted by Crippen LogP contribution is 2.46. The first-order valence-electron chi connectivity index (χ1n) is 10.7. The molecule has 0 bridgehead atoms. The molecule has 5 rings (SSSR count). The van der Waals surface area contributed by atoms with Gasteiger partial charge in [-0.3, -0.25) is 0 Å². The Balaban J connectivity index is 1.70. The van der Waals surface area contributed by atoms with E-state index in [0.717, 1.165) is 10.8 Å². The van der Waals surface area contributed by atoms with Crippen LogP contribution < -0.4 is 16.5 Å². The molecule has 1 aliphatic heterocycles. The van der Waals surface area contributed by atoms with E-state index in [-0.39, 0.29) is 29.3 Å². The number of anilines is 2. The van der Waals surface area contributed by atoms with Gasteiger partial charge < -0.3 is 15.1 Å². The van der Waals surface area contributed by atoms with Gasteiger partial charge in [-0.15, -0.1) is 0 Å². The lowest BCUT2D eigenvalue weighted by atomic mass is 9.98. The lowest BCUT2D eigenvalue weighted by Gasteiger charge is -2.35. The van der Waals surface area contributed by atoms with E-state index in [9.17, 15) is 26.3 Å². The van der Waals surface area contributed by atoms with Crippen LogP contribution in [0.5, 0.6) is 0 Å². The summed E-state index contributed by atoms with van der Waals surface area (Å²) >= 11 is 0. The fraction of sp³-hybridized carbons (Fsp3) is 0.250. The van der Waals surface area contributed by atoms with Gasteiger partial charge >= 0.3 is 12.4 Å². The second-order valence-corrected chi connectivity index (χ2v) is 8.94. The third-order valence-corrected chi connectivity index (χ3v) is 6.49. The Labute approximate surface area is 195 Å². The largest absolute Gasteiger partial charge is 0.456 e. The summed E-state index contributed by atoms with van der Waals surface area (Å²) in [5.74, 6) is 6.41. The molecule has 35 heavy (non-hydrogen) atoms. The first-order valence-corrected chi connectivity index (χ1v) is 10.7. The monoisotopic (exact) mass is 495 g/mol. The van der Waals surface area contributed by atoms with Crippen LogP contribution in [0.4, 0.5) is 37.7 Å². The van der Waals surface area contributed by atoms with Gasteiger partial charge in [0.25, 0.3) is 0 Å². The number of nitrogens with zero attached hydrogens (tertiary/aromatic N) is 2. The standard InChI is InChI=1S/C24H21F6N4O/c1-34(32)9-8-33(14-6-7-20-16(12-14)15-4-2-3-5-19(15)35-20)22(34)17-10-13(23(25,26)27)11-18(21(17)31)24(28,29)30/h2-7,10-12,22H,8-9,31-32H2,1H3/q+1. The van der Waals surface area contributed by atoms with Crippen LogP contribution in [0.3, 0.4) is 0 Å². The van der Waals surface area contributed by atoms with E-state index >= 15 is 0 Å². The molecule has 2 heterocycles. The molecule has 0 radical (unpaired) electrons. The van der Waals surface area contributed by atoms with E-state index in [4.69, 9.17) is 16.0 Å². The molecule has 4 aromatic rings. The summed E-state index contributed by atoms with van der Waals surface area (Å²) in [6, 6.07) is 13.3. The smallest absolute Gasteiger partial charge is 0.418 e. The van der Waals surface area contributed by atoms with Crippen LogP contribution in [0.25, 0.3) is 21.9 Å². The molecule has 184 valence electrons. The quantitative estimate of drug-likeness (QED) is 0.154. The number of hydrogen-bond acceptors (Lipinski definition) is 4. The number of nitrogen functional groups attached to an aromatic ring is 1. The molecule has 5 nitrogen and oxygen atoms in total. The Morgan fingerprint density at radius 3 is 2.29 bits per heavy atom. The number of nitrogens with two attached hydrogens (primary N) is 2.